The number of carboxylic acid groups (broad SMARTS) is 1. The fourth-order valence-corrected chi connectivity index (χ4v) is 1.27. The third-order valence-corrected chi connectivity index (χ3v) is 1.93. The lowest BCUT2D eigenvalue weighted by Gasteiger charge is -2.14. The van der Waals surface area contributed by atoms with Crippen LogP contribution >= 0.6 is 0 Å². The third-order valence-electron chi connectivity index (χ3n) is 1.93. The molecular weight excluding hydrogens is 201 g/mol. The molecule has 1 atom stereocenters. The van der Waals surface area contributed by atoms with Crippen LogP contribution in [0.4, 0.5) is 4.39 Å². The Balaban J connectivity index is 2.92. The number of hydrogen-bond acceptors (Lipinski definition) is 2. The van der Waals surface area contributed by atoms with Crippen molar-refractivity contribution in [3.05, 3.63) is 35.6 Å². The number of nitrogens with one attached hydrogen (secondary N) is 1. The number of hydrogen-bond donors (Lipinski definition) is 2. The normalized spacial score (nSPS) is 11.8. The summed E-state index contributed by atoms with van der Waals surface area (Å²) in [4.78, 5) is 20.7. The van der Waals surface area contributed by atoms with Crippen LogP contribution < -0.4 is 5.32 Å². The molecule has 0 bridgehead atoms. The first kappa shape index (κ1) is 11.2. The molecule has 1 aromatic carbocycles. The minimum Gasteiger partial charge on any atom is -0.481 e. The molecule has 0 aliphatic carbocycles. The quantitative estimate of drug-likeness (QED) is 0.716. The van der Waals surface area contributed by atoms with Crippen LogP contribution in [-0.2, 0) is 9.59 Å². The second-order valence-electron chi connectivity index (χ2n) is 2.96. The van der Waals surface area contributed by atoms with Crippen LogP contribution in [0, 0.1) is 5.82 Å². The number of carbonyl (C=O) groups is 2. The Labute approximate surface area is 85.7 Å². The predicted molar refractivity (Wildman–Crippen MR) is 50.6 cm³/mol. The largest absolute Gasteiger partial charge is 0.481 e. The van der Waals surface area contributed by atoms with Crippen molar-refractivity contribution in [1.29, 1.82) is 0 Å². The average molecular weight is 211 g/mol. The summed E-state index contributed by atoms with van der Waals surface area (Å²) in [5.74, 6) is -1.63. The zero-order valence-corrected chi connectivity index (χ0v) is 7.81. The first-order valence-electron chi connectivity index (χ1n) is 4.31. The SMILES string of the molecule is O=CN[C@H](CC(=O)O)c1ccccc1F. The topological polar surface area (TPSA) is 66.4 Å². The molecule has 80 valence electrons. The Morgan fingerprint density at radius 2 is 2.20 bits per heavy atom. The van der Waals surface area contributed by atoms with Gasteiger partial charge in [0.1, 0.15) is 5.82 Å². The van der Waals surface area contributed by atoms with Gasteiger partial charge in [0.15, 0.2) is 0 Å². The molecule has 0 unspecified atom stereocenters. The van der Waals surface area contributed by atoms with Gasteiger partial charge in [0.2, 0.25) is 6.41 Å². The number of halogens is 1. The highest BCUT2D eigenvalue weighted by atomic mass is 19.1. The standard InChI is InChI=1S/C10H10FNO3/c11-8-4-2-1-3-7(8)9(12-6-13)5-10(14)15/h1-4,6,9H,5H2,(H,12,13)(H,14,15)/t9-/m1/s1. The summed E-state index contributed by atoms with van der Waals surface area (Å²) in [5, 5.41) is 10.9. The molecule has 0 fully saturated rings. The highest BCUT2D eigenvalue weighted by molar-refractivity contribution is 5.68. The van der Waals surface area contributed by atoms with E-state index in [9.17, 15) is 14.0 Å². The van der Waals surface area contributed by atoms with Crippen molar-refractivity contribution in [3.63, 3.8) is 0 Å². The van der Waals surface area contributed by atoms with Crippen LogP contribution in [0.5, 0.6) is 0 Å². The number of aliphatic carboxylic acids is 1. The van der Waals surface area contributed by atoms with E-state index in [4.69, 9.17) is 5.11 Å². The van der Waals surface area contributed by atoms with Gasteiger partial charge in [-0.1, -0.05) is 18.2 Å². The van der Waals surface area contributed by atoms with Crippen molar-refractivity contribution in [2.75, 3.05) is 0 Å². The van der Waals surface area contributed by atoms with Crippen molar-refractivity contribution in [2.45, 2.75) is 12.5 Å². The Morgan fingerprint density at radius 1 is 1.53 bits per heavy atom. The molecule has 1 amide bonds. The Hall–Kier alpha value is -1.91. The van der Waals surface area contributed by atoms with Gasteiger partial charge < -0.3 is 10.4 Å². The van der Waals surface area contributed by atoms with Crippen LogP contribution in [0.1, 0.15) is 18.0 Å². The maximum atomic E-state index is 13.3. The summed E-state index contributed by atoms with van der Waals surface area (Å²) in [6.07, 6.45) is 0.0136. The van der Waals surface area contributed by atoms with Gasteiger partial charge in [-0.2, -0.15) is 0 Å². The number of rotatable bonds is 5. The van der Waals surface area contributed by atoms with Gasteiger partial charge in [0.05, 0.1) is 12.5 Å². The van der Waals surface area contributed by atoms with Crippen molar-refractivity contribution < 1.29 is 19.1 Å². The van der Waals surface area contributed by atoms with E-state index in [1.165, 1.54) is 18.2 Å². The average Bonchev–Trinajstić information content (AvgIpc) is 2.17. The number of carboxylic acids is 1. The van der Waals surface area contributed by atoms with Crippen LogP contribution in [0.15, 0.2) is 24.3 Å². The van der Waals surface area contributed by atoms with Crippen LogP contribution in [0.2, 0.25) is 0 Å². The monoisotopic (exact) mass is 211 g/mol. The van der Waals surface area contributed by atoms with Crippen molar-refractivity contribution in [3.8, 4) is 0 Å². The van der Waals surface area contributed by atoms with Gasteiger partial charge in [0, 0.05) is 5.56 Å². The molecular formula is C10H10FNO3. The maximum Gasteiger partial charge on any atom is 0.305 e. The zero-order chi connectivity index (χ0) is 11.3. The van der Waals surface area contributed by atoms with Crippen molar-refractivity contribution in [2.24, 2.45) is 0 Å². The van der Waals surface area contributed by atoms with E-state index in [-0.39, 0.29) is 12.0 Å². The van der Waals surface area contributed by atoms with Crippen LogP contribution in [-0.4, -0.2) is 17.5 Å². The molecule has 4 nitrogen and oxygen atoms in total. The molecule has 0 radical (unpaired) electrons. The molecule has 0 aliphatic heterocycles. The molecule has 15 heavy (non-hydrogen) atoms. The summed E-state index contributed by atoms with van der Waals surface area (Å²) in [6.45, 7) is 0. The lowest BCUT2D eigenvalue weighted by Crippen LogP contribution is -2.23. The fourth-order valence-electron chi connectivity index (χ4n) is 1.27. The lowest BCUT2D eigenvalue weighted by molar-refractivity contribution is -0.137. The van der Waals surface area contributed by atoms with Crippen molar-refractivity contribution in [1.82, 2.24) is 5.32 Å². The zero-order valence-electron chi connectivity index (χ0n) is 7.81. The Bertz CT molecular complexity index is 367. The number of carbonyl (C=O) groups excluding carboxylic acids is 1. The van der Waals surface area contributed by atoms with E-state index in [1.54, 1.807) is 6.07 Å². The highest BCUT2D eigenvalue weighted by Crippen LogP contribution is 2.19. The van der Waals surface area contributed by atoms with E-state index in [2.05, 4.69) is 5.32 Å². The summed E-state index contributed by atoms with van der Waals surface area (Å²) in [7, 11) is 0. The summed E-state index contributed by atoms with van der Waals surface area (Å²) in [5.41, 5.74) is 0.173. The molecule has 0 aliphatic rings. The van der Waals surface area contributed by atoms with E-state index >= 15 is 0 Å². The summed E-state index contributed by atoms with van der Waals surface area (Å²) >= 11 is 0. The Kier molecular flexibility index (Phi) is 3.79. The Morgan fingerprint density at radius 3 is 2.73 bits per heavy atom. The van der Waals surface area contributed by atoms with Gasteiger partial charge in [-0.05, 0) is 6.07 Å². The second kappa shape index (κ2) is 5.09. The van der Waals surface area contributed by atoms with Gasteiger partial charge in [-0.25, -0.2) is 4.39 Å². The molecule has 1 rings (SSSR count). The molecule has 0 heterocycles. The first-order chi connectivity index (χ1) is 7.15. The van der Waals surface area contributed by atoms with E-state index in [1.807, 2.05) is 0 Å². The molecule has 5 heteroatoms. The van der Waals surface area contributed by atoms with Gasteiger partial charge in [0.25, 0.3) is 0 Å². The van der Waals surface area contributed by atoms with E-state index in [0.717, 1.165) is 0 Å². The maximum absolute atomic E-state index is 13.3. The molecule has 1 aromatic rings. The number of amides is 1. The molecule has 0 saturated carbocycles. The predicted octanol–water partition coefficient (Wildman–Crippen LogP) is 1.09. The second-order valence-corrected chi connectivity index (χ2v) is 2.96. The van der Waals surface area contributed by atoms with Crippen LogP contribution in [0.25, 0.3) is 0 Å². The smallest absolute Gasteiger partial charge is 0.305 e. The van der Waals surface area contributed by atoms with E-state index < -0.39 is 17.8 Å². The molecule has 0 aromatic heterocycles. The summed E-state index contributed by atoms with van der Waals surface area (Å²) < 4.78 is 13.3. The number of benzene rings is 1. The summed E-state index contributed by atoms with van der Waals surface area (Å²) in [6, 6.07) is 4.91. The molecule has 0 spiro atoms. The van der Waals surface area contributed by atoms with Gasteiger partial charge in [-0.3, -0.25) is 9.59 Å². The minimum atomic E-state index is -1.10. The van der Waals surface area contributed by atoms with E-state index in [0.29, 0.717) is 6.41 Å². The third kappa shape index (κ3) is 3.05. The van der Waals surface area contributed by atoms with Gasteiger partial charge in [-0.15, -0.1) is 0 Å². The molecule has 2 N–H and O–H groups in total. The van der Waals surface area contributed by atoms with Gasteiger partial charge >= 0.3 is 5.97 Å². The lowest BCUT2D eigenvalue weighted by atomic mass is 10.0. The molecule has 0 saturated heterocycles. The first-order valence-corrected chi connectivity index (χ1v) is 4.31. The van der Waals surface area contributed by atoms with Crippen molar-refractivity contribution >= 4 is 12.4 Å². The highest BCUT2D eigenvalue weighted by Gasteiger charge is 2.17. The fraction of sp³-hybridized carbons (Fsp3) is 0.200. The van der Waals surface area contributed by atoms with Crippen LogP contribution in [0.3, 0.4) is 0 Å². The minimum absolute atomic E-state index is 0.173.